The van der Waals surface area contributed by atoms with Gasteiger partial charge in [-0.05, 0) is 11.5 Å². The summed E-state index contributed by atoms with van der Waals surface area (Å²) in [5.41, 5.74) is 10.5. The molecule has 0 fully saturated rings. The Morgan fingerprint density at radius 2 is 1.60 bits per heavy atom. The van der Waals surface area contributed by atoms with Gasteiger partial charge in [-0.15, -0.1) is 0 Å². The van der Waals surface area contributed by atoms with Crippen LogP contribution in [0.15, 0.2) is 24.3 Å². The number of nitrogens with one attached hydrogen (secondary N) is 2. The van der Waals surface area contributed by atoms with E-state index in [1.165, 1.54) is 14.2 Å². The number of hydrogen-bond donors (Lipinski definition) is 4. The van der Waals surface area contributed by atoms with Crippen LogP contribution in [-0.2, 0) is 4.79 Å². The zero-order valence-electron chi connectivity index (χ0n) is 17.5. The van der Waals surface area contributed by atoms with Gasteiger partial charge in [0.2, 0.25) is 5.91 Å². The van der Waals surface area contributed by atoms with E-state index in [0.29, 0.717) is 17.2 Å². The van der Waals surface area contributed by atoms with Gasteiger partial charge in [-0.25, -0.2) is 9.37 Å². The van der Waals surface area contributed by atoms with Gasteiger partial charge in [-0.1, -0.05) is 20.8 Å². The molecule has 0 aliphatic rings. The molecule has 9 nitrogen and oxygen atoms in total. The first-order valence-corrected chi connectivity index (χ1v) is 9.02. The summed E-state index contributed by atoms with van der Waals surface area (Å²) < 4.78 is 25.1. The zero-order valence-corrected chi connectivity index (χ0v) is 17.5. The van der Waals surface area contributed by atoms with Crippen LogP contribution in [0, 0.1) is 11.2 Å². The molecule has 1 aromatic heterocycles. The molecular formula is C20H26FN5O4. The molecule has 2 amide bonds. The maximum absolute atomic E-state index is 14.6. The Hall–Kier alpha value is -3.56. The molecule has 0 saturated carbocycles. The number of halogens is 1. The number of carbonyl (C=O) groups is 2. The number of nitrogens with two attached hydrogens (primary N) is 2. The third kappa shape index (κ3) is 5.28. The van der Waals surface area contributed by atoms with Gasteiger partial charge in [-0.3, -0.25) is 9.59 Å². The average Bonchev–Trinajstić information content (AvgIpc) is 2.65. The lowest BCUT2D eigenvalue weighted by Crippen LogP contribution is -2.45. The molecule has 0 saturated heterocycles. The lowest BCUT2D eigenvalue weighted by Gasteiger charge is -2.29. The monoisotopic (exact) mass is 419 g/mol. The van der Waals surface area contributed by atoms with Crippen LogP contribution in [0.2, 0.25) is 0 Å². The summed E-state index contributed by atoms with van der Waals surface area (Å²) in [6, 6.07) is 4.95. The number of primary amides is 2. The highest BCUT2D eigenvalue weighted by Crippen LogP contribution is 2.31. The Labute approximate surface area is 173 Å². The van der Waals surface area contributed by atoms with Crippen molar-refractivity contribution in [3.8, 4) is 11.5 Å². The molecule has 6 N–H and O–H groups in total. The van der Waals surface area contributed by atoms with E-state index < -0.39 is 29.1 Å². The topological polar surface area (TPSA) is 142 Å². The molecule has 1 heterocycles. The number of ether oxygens (including phenoxy) is 2. The number of anilines is 3. The summed E-state index contributed by atoms with van der Waals surface area (Å²) >= 11 is 0. The summed E-state index contributed by atoms with van der Waals surface area (Å²) in [5.74, 6) is -1.70. The Bertz CT molecular complexity index is 937. The molecule has 1 aromatic carbocycles. The van der Waals surface area contributed by atoms with Crippen LogP contribution in [0.1, 0.15) is 31.1 Å². The maximum Gasteiger partial charge on any atom is 0.252 e. The van der Waals surface area contributed by atoms with Crippen LogP contribution in [0.3, 0.4) is 0 Å². The molecule has 2 rings (SSSR count). The number of hydrogen-bond acceptors (Lipinski definition) is 7. The van der Waals surface area contributed by atoms with E-state index in [1.54, 1.807) is 39.0 Å². The molecule has 2 aromatic rings. The van der Waals surface area contributed by atoms with Crippen molar-refractivity contribution in [2.45, 2.75) is 26.8 Å². The smallest absolute Gasteiger partial charge is 0.252 e. The fourth-order valence-corrected chi connectivity index (χ4v) is 2.74. The second-order valence-corrected chi connectivity index (χ2v) is 7.65. The Morgan fingerprint density at radius 3 is 2.03 bits per heavy atom. The number of aromatic nitrogens is 1. The van der Waals surface area contributed by atoms with Gasteiger partial charge < -0.3 is 31.6 Å². The fourth-order valence-electron chi connectivity index (χ4n) is 2.74. The number of rotatable bonds is 8. The molecule has 1 unspecified atom stereocenters. The van der Waals surface area contributed by atoms with Crippen LogP contribution in [0.4, 0.5) is 21.7 Å². The highest BCUT2D eigenvalue weighted by atomic mass is 19.1. The predicted molar refractivity (Wildman–Crippen MR) is 112 cm³/mol. The second kappa shape index (κ2) is 8.85. The summed E-state index contributed by atoms with van der Waals surface area (Å²) in [7, 11) is 2.98. The summed E-state index contributed by atoms with van der Waals surface area (Å²) in [6.45, 7) is 5.31. The van der Waals surface area contributed by atoms with Crippen LogP contribution < -0.4 is 31.6 Å². The third-order valence-electron chi connectivity index (χ3n) is 4.29. The van der Waals surface area contributed by atoms with Gasteiger partial charge >= 0.3 is 0 Å². The van der Waals surface area contributed by atoms with Crippen molar-refractivity contribution in [3.63, 3.8) is 0 Å². The van der Waals surface area contributed by atoms with Crippen molar-refractivity contribution >= 4 is 29.1 Å². The summed E-state index contributed by atoms with van der Waals surface area (Å²) in [5, 5.41) is 5.64. The van der Waals surface area contributed by atoms with Gasteiger partial charge in [0.25, 0.3) is 5.91 Å². The minimum atomic E-state index is -0.913. The van der Waals surface area contributed by atoms with Gasteiger partial charge in [-0.2, -0.15) is 0 Å². The number of benzene rings is 1. The number of pyridine rings is 1. The van der Waals surface area contributed by atoms with E-state index in [2.05, 4.69) is 15.6 Å². The van der Waals surface area contributed by atoms with E-state index in [-0.39, 0.29) is 17.2 Å². The molecule has 0 radical (unpaired) electrons. The summed E-state index contributed by atoms with van der Waals surface area (Å²) in [4.78, 5) is 27.8. The average molecular weight is 419 g/mol. The van der Waals surface area contributed by atoms with Crippen LogP contribution >= 0.6 is 0 Å². The van der Waals surface area contributed by atoms with Crippen LogP contribution in [-0.4, -0.2) is 37.1 Å². The van der Waals surface area contributed by atoms with Gasteiger partial charge in [0.05, 0.1) is 19.8 Å². The lowest BCUT2D eigenvalue weighted by molar-refractivity contribution is -0.120. The van der Waals surface area contributed by atoms with Gasteiger partial charge in [0, 0.05) is 23.9 Å². The number of amides is 2. The van der Waals surface area contributed by atoms with Crippen molar-refractivity contribution < 1.29 is 23.5 Å². The second-order valence-electron chi connectivity index (χ2n) is 7.65. The standard InChI is InChI=1S/C20H26FN5O4/c1-20(2,3)15(17(23)28)25-19-14(21)9-13(16(22)27)18(26-19)24-10-6-11(29-4)8-12(7-10)30-5/h6-9,15H,1-5H3,(H2,22,27)(H2,23,28)(H2,24,25,26). The predicted octanol–water partition coefficient (Wildman–Crippen LogP) is 2.39. The molecule has 0 aliphatic carbocycles. The van der Waals surface area contributed by atoms with E-state index in [4.69, 9.17) is 20.9 Å². The molecule has 0 spiro atoms. The highest BCUT2D eigenvalue weighted by Gasteiger charge is 2.31. The third-order valence-corrected chi connectivity index (χ3v) is 4.29. The SMILES string of the molecule is COc1cc(Nc2nc(NC(C(N)=O)C(C)(C)C)c(F)cc2C(N)=O)cc(OC)c1. The van der Waals surface area contributed by atoms with Gasteiger partial charge in [0.1, 0.15) is 23.4 Å². The Morgan fingerprint density at radius 1 is 1.03 bits per heavy atom. The molecular weight excluding hydrogens is 393 g/mol. The minimum Gasteiger partial charge on any atom is -0.497 e. The molecule has 162 valence electrons. The molecule has 10 heteroatoms. The van der Waals surface area contributed by atoms with Crippen molar-refractivity contribution in [1.82, 2.24) is 4.98 Å². The highest BCUT2D eigenvalue weighted by molar-refractivity contribution is 5.98. The summed E-state index contributed by atoms with van der Waals surface area (Å²) in [6.07, 6.45) is 0. The van der Waals surface area contributed by atoms with Crippen molar-refractivity contribution in [2.24, 2.45) is 16.9 Å². The quantitative estimate of drug-likeness (QED) is 0.515. The number of carbonyl (C=O) groups excluding carboxylic acids is 2. The largest absolute Gasteiger partial charge is 0.497 e. The van der Waals surface area contributed by atoms with E-state index in [9.17, 15) is 14.0 Å². The first-order valence-electron chi connectivity index (χ1n) is 9.02. The molecule has 30 heavy (non-hydrogen) atoms. The molecule has 0 aliphatic heterocycles. The van der Waals surface area contributed by atoms with Crippen molar-refractivity contribution in [1.29, 1.82) is 0 Å². The molecule has 1 atom stereocenters. The van der Waals surface area contributed by atoms with Gasteiger partial charge in [0.15, 0.2) is 11.6 Å². The lowest BCUT2D eigenvalue weighted by atomic mass is 9.86. The molecule has 0 bridgehead atoms. The normalized spacial score (nSPS) is 12.1. The van der Waals surface area contributed by atoms with Crippen molar-refractivity contribution in [2.75, 3.05) is 24.9 Å². The Balaban J connectivity index is 2.52. The van der Waals surface area contributed by atoms with Crippen LogP contribution in [0.25, 0.3) is 0 Å². The fraction of sp³-hybridized carbons (Fsp3) is 0.350. The van der Waals surface area contributed by atoms with E-state index >= 15 is 0 Å². The number of nitrogens with zero attached hydrogens (tertiary/aromatic N) is 1. The zero-order chi connectivity index (χ0) is 22.6. The van der Waals surface area contributed by atoms with E-state index in [1.807, 2.05) is 0 Å². The Kier molecular flexibility index (Phi) is 6.70. The first kappa shape index (κ1) is 22.7. The number of methoxy groups -OCH3 is 2. The first-order chi connectivity index (χ1) is 14.0. The van der Waals surface area contributed by atoms with E-state index in [0.717, 1.165) is 6.07 Å². The maximum atomic E-state index is 14.6. The van der Waals surface area contributed by atoms with Crippen LogP contribution in [0.5, 0.6) is 11.5 Å². The van der Waals surface area contributed by atoms with Crippen molar-refractivity contribution in [3.05, 3.63) is 35.6 Å². The minimum absolute atomic E-state index is 0.0150.